The molecule has 7 heteroatoms. The van der Waals surface area contributed by atoms with Crippen LogP contribution in [0.1, 0.15) is 39.2 Å². The molecule has 174 valence electrons. The first-order valence-electron chi connectivity index (χ1n) is 11.0. The third-order valence-corrected chi connectivity index (χ3v) is 7.60. The standard InChI is InChI=1S/C25H33NO4S2/c1-4-22(28)21(14-18-9-6-5-7-10-18)26-25(30)19(13-17(2)3)20(23(29)15-27)16-32-24-11-8-12-31-24/h5-12,17,19-21,27H,4,13-16H2,1-3H3,(H,26,30)/t19?,20-,21-/m1/s1. The first-order valence-corrected chi connectivity index (χ1v) is 12.9. The zero-order valence-corrected chi connectivity index (χ0v) is 20.6. The van der Waals surface area contributed by atoms with Crippen molar-refractivity contribution >= 4 is 40.6 Å². The maximum absolute atomic E-state index is 13.4. The highest BCUT2D eigenvalue weighted by Gasteiger charge is 2.35. The number of benzene rings is 1. The molecule has 1 aromatic carbocycles. The van der Waals surface area contributed by atoms with E-state index in [-0.39, 0.29) is 23.4 Å². The number of carbonyl (C=O) groups excluding carboxylic acids is 3. The number of aliphatic hydroxyl groups is 1. The van der Waals surface area contributed by atoms with Crippen molar-refractivity contribution in [1.29, 1.82) is 0 Å². The second kappa shape index (κ2) is 13.6. The van der Waals surface area contributed by atoms with Gasteiger partial charge >= 0.3 is 0 Å². The highest BCUT2D eigenvalue weighted by atomic mass is 32.2. The Morgan fingerprint density at radius 3 is 2.31 bits per heavy atom. The monoisotopic (exact) mass is 475 g/mol. The summed E-state index contributed by atoms with van der Waals surface area (Å²) in [7, 11) is 0. The summed E-state index contributed by atoms with van der Waals surface area (Å²) in [5, 5.41) is 14.5. The lowest BCUT2D eigenvalue weighted by Crippen LogP contribution is -2.48. The van der Waals surface area contributed by atoms with E-state index in [0.29, 0.717) is 25.0 Å². The normalized spacial score (nSPS) is 14.0. The number of carbonyl (C=O) groups is 3. The van der Waals surface area contributed by atoms with Crippen LogP contribution in [0.25, 0.3) is 0 Å². The Hall–Kier alpha value is -1.96. The van der Waals surface area contributed by atoms with E-state index in [0.717, 1.165) is 9.77 Å². The van der Waals surface area contributed by atoms with Crippen LogP contribution in [0, 0.1) is 17.8 Å². The Labute approximate surface area is 199 Å². The van der Waals surface area contributed by atoms with E-state index in [1.165, 1.54) is 11.8 Å². The van der Waals surface area contributed by atoms with Crippen molar-refractivity contribution in [3.8, 4) is 0 Å². The number of hydrogen-bond acceptors (Lipinski definition) is 6. The van der Waals surface area contributed by atoms with Gasteiger partial charge in [0.05, 0.1) is 10.3 Å². The molecular formula is C25H33NO4S2. The molecule has 5 nitrogen and oxygen atoms in total. The van der Waals surface area contributed by atoms with E-state index < -0.39 is 24.5 Å². The number of thioether (sulfide) groups is 1. The van der Waals surface area contributed by atoms with Gasteiger partial charge in [-0.05, 0) is 35.8 Å². The fourth-order valence-electron chi connectivity index (χ4n) is 3.65. The van der Waals surface area contributed by atoms with Gasteiger partial charge in [0.25, 0.3) is 0 Å². The smallest absolute Gasteiger partial charge is 0.224 e. The fraction of sp³-hybridized carbons (Fsp3) is 0.480. The number of thiophene rings is 1. The Morgan fingerprint density at radius 1 is 1.03 bits per heavy atom. The average Bonchev–Trinajstić information content (AvgIpc) is 3.31. The molecule has 0 aliphatic carbocycles. The molecule has 0 fully saturated rings. The maximum atomic E-state index is 13.4. The molecule has 0 saturated heterocycles. The van der Waals surface area contributed by atoms with Crippen LogP contribution in [0.2, 0.25) is 0 Å². The van der Waals surface area contributed by atoms with Crippen molar-refractivity contribution in [3.63, 3.8) is 0 Å². The molecule has 32 heavy (non-hydrogen) atoms. The number of hydrogen-bond donors (Lipinski definition) is 2. The minimum absolute atomic E-state index is 0.0384. The lowest BCUT2D eigenvalue weighted by molar-refractivity contribution is -0.136. The minimum atomic E-state index is -0.639. The van der Waals surface area contributed by atoms with Crippen molar-refractivity contribution < 1.29 is 19.5 Å². The van der Waals surface area contributed by atoms with E-state index >= 15 is 0 Å². The topological polar surface area (TPSA) is 83.5 Å². The van der Waals surface area contributed by atoms with Crippen LogP contribution in [0.5, 0.6) is 0 Å². The second-order valence-electron chi connectivity index (χ2n) is 8.28. The maximum Gasteiger partial charge on any atom is 0.224 e. The lowest BCUT2D eigenvalue weighted by Gasteiger charge is -2.28. The molecule has 0 aliphatic rings. The minimum Gasteiger partial charge on any atom is -0.389 e. The molecule has 1 aromatic heterocycles. The number of ketones is 2. The molecule has 2 aromatic rings. The van der Waals surface area contributed by atoms with Gasteiger partial charge in [0.1, 0.15) is 6.61 Å². The van der Waals surface area contributed by atoms with Crippen LogP contribution < -0.4 is 5.32 Å². The molecule has 0 spiro atoms. The summed E-state index contributed by atoms with van der Waals surface area (Å²) >= 11 is 3.10. The molecule has 1 heterocycles. The van der Waals surface area contributed by atoms with Crippen molar-refractivity contribution in [1.82, 2.24) is 5.32 Å². The van der Waals surface area contributed by atoms with E-state index in [4.69, 9.17) is 0 Å². The van der Waals surface area contributed by atoms with E-state index in [1.807, 2.05) is 61.7 Å². The van der Waals surface area contributed by atoms with Crippen molar-refractivity contribution in [2.45, 2.75) is 50.3 Å². The molecule has 3 atom stereocenters. The van der Waals surface area contributed by atoms with Gasteiger partial charge in [0.15, 0.2) is 11.6 Å². The second-order valence-corrected chi connectivity index (χ2v) is 10.5. The van der Waals surface area contributed by atoms with Gasteiger partial charge in [0, 0.05) is 24.0 Å². The molecular weight excluding hydrogens is 442 g/mol. The van der Waals surface area contributed by atoms with E-state index in [1.54, 1.807) is 18.3 Å². The lowest BCUT2D eigenvalue weighted by atomic mass is 9.83. The molecule has 0 radical (unpaired) electrons. The van der Waals surface area contributed by atoms with Gasteiger partial charge in [-0.2, -0.15) is 0 Å². The molecule has 0 bridgehead atoms. The zero-order chi connectivity index (χ0) is 23.5. The number of Topliss-reactive ketones (excluding diaryl/α,β-unsaturated/α-hetero) is 2. The predicted octanol–water partition coefficient (Wildman–Crippen LogP) is 4.39. The Bertz CT molecular complexity index is 852. The predicted molar refractivity (Wildman–Crippen MR) is 131 cm³/mol. The van der Waals surface area contributed by atoms with Crippen LogP contribution in [0.15, 0.2) is 52.1 Å². The Balaban J connectivity index is 2.23. The molecule has 1 amide bonds. The van der Waals surface area contributed by atoms with Gasteiger partial charge in [-0.25, -0.2) is 0 Å². The number of amides is 1. The summed E-state index contributed by atoms with van der Waals surface area (Å²) < 4.78 is 1.06. The van der Waals surface area contributed by atoms with Crippen molar-refractivity contribution in [2.24, 2.45) is 17.8 Å². The number of nitrogens with one attached hydrogen (secondary N) is 1. The Morgan fingerprint density at radius 2 is 1.75 bits per heavy atom. The zero-order valence-electron chi connectivity index (χ0n) is 19.0. The molecule has 0 aliphatic heterocycles. The summed E-state index contributed by atoms with van der Waals surface area (Å²) in [6.07, 6.45) is 1.24. The first-order chi connectivity index (χ1) is 15.3. The van der Waals surface area contributed by atoms with E-state index in [2.05, 4.69) is 5.32 Å². The quantitative estimate of drug-likeness (QED) is 0.396. The molecule has 0 saturated carbocycles. The van der Waals surface area contributed by atoms with Gasteiger partial charge in [0.2, 0.25) is 5.91 Å². The van der Waals surface area contributed by atoms with Gasteiger partial charge < -0.3 is 10.4 Å². The number of aliphatic hydroxyl groups excluding tert-OH is 1. The van der Waals surface area contributed by atoms with E-state index in [9.17, 15) is 19.5 Å². The summed E-state index contributed by atoms with van der Waals surface area (Å²) in [4.78, 5) is 38.7. The van der Waals surface area contributed by atoms with Gasteiger partial charge in [-0.15, -0.1) is 23.1 Å². The first kappa shape index (κ1) is 26.3. The largest absolute Gasteiger partial charge is 0.389 e. The molecule has 1 unspecified atom stereocenters. The van der Waals surface area contributed by atoms with Crippen LogP contribution >= 0.6 is 23.1 Å². The van der Waals surface area contributed by atoms with Crippen molar-refractivity contribution in [3.05, 3.63) is 53.4 Å². The van der Waals surface area contributed by atoms with Gasteiger partial charge in [-0.1, -0.05) is 57.2 Å². The third-order valence-electron chi connectivity index (χ3n) is 5.35. The summed E-state index contributed by atoms with van der Waals surface area (Å²) in [5.74, 6) is -1.30. The summed E-state index contributed by atoms with van der Waals surface area (Å²) in [6.45, 7) is 5.20. The van der Waals surface area contributed by atoms with Crippen LogP contribution in [0.4, 0.5) is 0 Å². The summed E-state index contributed by atoms with van der Waals surface area (Å²) in [6, 6.07) is 12.9. The summed E-state index contributed by atoms with van der Waals surface area (Å²) in [5.41, 5.74) is 0.969. The third kappa shape index (κ3) is 8.19. The highest BCUT2D eigenvalue weighted by Crippen LogP contribution is 2.31. The fourth-order valence-corrected chi connectivity index (χ4v) is 5.68. The van der Waals surface area contributed by atoms with Crippen molar-refractivity contribution in [2.75, 3.05) is 12.4 Å². The SMILES string of the molecule is CCC(=O)[C@@H](Cc1ccccc1)NC(=O)C(CC(C)C)[C@@H](CSc1cccs1)C(=O)CO. The number of rotatable bonds is 14. The average molecular weight is 476 g/mol. The highest BCUT2D eigenvalue weighted by molar-refractivity contribution is 8.01. The molecule has 2 N–H and O–H groups in total. The Kier molecular flexibility index (Phi) is 11.1. The van der Waals surface area contributed by atoms with Crippen LogP contribution in [-0.2, 0) is 20.8 Å². The van der Waals surface area contributed by atoms with Crippen LogP contribution in [0.3, 0.4) is 0 Å². The van der Waals surface area contributed by atoms with Crippen LogP contribution in [-0.4, -0.2) is 41.0 Å². The van der Waals surface area contributed by atoms with Gasteiger partial charge in [-0.3, -0.25) is 14.4 Å². The molecule has 2 rings (SSSR count).